The SMILES string of the molecule is NC(=O)c1ccnc(OCC2CCNC2)c1. The Labute approximate surface area is 94.0 Å². The Kier molecular flexibility index (Phi) is 3.36. The highest BCUT2D eigenvalue weighted by Crippen LogP contribution is 2.13. The van der Waals surface area contributed by atoms with Gasteiger partial charge in [0.2, 0.25) is 11.8 Å². The van der Waals surface area contributed by atoms with Crippen molar-refractivity contribution in [3.63, 3.8) is 0 Å². The van der Waals surface area contributed by atoms with E-state index in [0.29, 0.717) is 24.0 Å². The predicted octanol–water partition coefficient (Wildman–Crippen LogP) is 0.169. The average Bonchev–Trinajstić information content (AvgIpc) is 2.79. The van der Waals surface area contributed by atoms with E-state index in [1.807, 2.05) is 0 Å². The van der Waals surface area contributed by atoms with Crippen molar-refractivity contribution in [2.75, 3.05) is 19.7 Å². The molecule has 3 N–H and O–H groups in total. The number of ether oxygens (including phenoxy) is 1. The van der Waals surface area contributed by atoms with Gasteiger partial charge in [-0.1, -0.05) is 0 Å². The van der Waals surface area contributed by atoms with E-state index in [-0.39, 0.29) is 0 Å². The van der Waals surface area contributed by atoms with Gasteiger partial charge in [0.05, 0.1) is 6.61 Å². The molecule has 0 saturated carbocycles. The molecule has 86 valence electrons. The van der Waals surface area contributed by atoms with E-state index in [1.165, 1.54) is 6.20 Å². The normalized spacial score (nSPS) is 19.6. The van der Waals surface area contributed by atoms with Crippen molar-refractivity contribution >= 4 is 5.91 Å². The molecule has 0 radical (unpaired) electrons. The molecule has 1 aliphatic rings. The van der Waals surface area contributed by atoms with Gasteiger partial charge in [0.15, 0.2) is 0 Å². The Bertz CT molecular complexity index is 375. The summed E-state index contributed by atoms with van der Waals surface area (Å²) in [5.41, 5.74) is 5.59. The summed E-state index contributed by atoms with van der Waals surface area (Å²) in [6.07, 6.45) is 2.65. The first-order chi connectivity index (χ1) is 7.75. The summed E-state index contributed by atoms with van der Waals surface area (Å²) in [5.74, 6) is 0.525. The zero-order valence-corrected chi connectivity index (χ0v) is 8.98. The zero-order chi connectivity index (χ0) is 11.4. The summed E-state index contributed by atoms with van der Waals surface area (Å²) in [6, 6.07) is 3.15. The minimum absolute atomic E-state index is 0.426. The first kappa shape index (κ1) is 10.9. The number of carbonyl (C=O) groups excluding carboxylic acids is 1. The van der Waals surface area contributed by atoms with Crippen LogP contribution < -0.4 is 15.8 Å². The van der Waals surface area contributed by atoms with Crippen LogP contribution in [-0.4, -0.2) is 30.6 Å². The van der Waals surface area contributed by atoms with Gasteiger partial charge in [0, 0.05) is 30.3 Å². The summed E-state index contributed by atoms with van der Waals surface area (Å²) >= 11 is 0. The van der Waals surface area contributed by atoms with Gasteiger partial charge in [-0.05, 0) is 19.0 Å². The van der Waals surface area contributed by atoms with Gasteiger partial charge in [0.1, 0.15) is 0 Å². The lowest BCUT2D eigenvalue weighted by Gasteiger charge is -2.10. The van der Waals surface area contributed by atoms with Crippen LogP contribution in [0, 0.1) is 5.92 Å². The van der Waals surface area contributed by atoms with Crippen LogP contribution >= 0.6 is 0 Å². The second kappa shape index (κ2) is 4.94. The van der Waals surface area contributed by atoms with Crippen LogP contribution in [0.1, 0.15) is 16.8 Å². The Balaban J connectivity index is 1.93. The van der Waals surface area contributed by atoms with E-state index in [1.54, 1.807) is 12.1 Å². The molecule has 1 aromatic heterocycles. The van der Waals surface area contributed by atoms with Crippen LogP contribution in [0.5, 0.6) is 5.88 Å². The van der Waals surface area contributed by atoms with Gasteiger partial charge >= 0.3 is 0 Å². The van der Waals surface area contributed by atoms with Crippen LogP contribution in [-0.2, 0) is 0 Å². The van der Waals surface area contributed by atoms with Crippen molar-refractivity contribution < 1.29 is 9.53 Å². The van der Waals surface area contributed by atoms with Gasteiger partial charge in [-0.25, -0.2) is 4.98 Å². The second-order valence-corrected chi connectivity index (χ2v) is 3.92. The molecule has 1 aliphatic heterocycles. The lowest BCUT2D eigenvalue weighted by atomic mass is 10.1. The molecular weight excluding hydrogens is 206 g/mol. The fourth-order valence-electron chi connectivity index (χ4n) is 1.70. The van der Waals surface area contributed by atoms with E-state index >= 15 is 0 Å². The largest absolute Gasteiger partial charge is 0.477 e. The lowest BCUT2D eigenvalue weighted by Crippen LogP contribution is -2.16. The highest BCUT2D eigenvalue weighted by Gasteiger charge is 2.15. The molecule has 5 nitrogen and oxygen atoms in total. The third kappa shape index (κ3) is 2.70. The molecule has 0 aromatic carbocycles. The first-order valence-electron chi connectivity index (χ1n) is 5.35. The number of nitrogens with zero attached hydrogens (tertiary/aromatic N) is 1. The van der Waals surface area contributed by atoms with Gasteiger partial charge in [-0.3, -0.25) is 4.79 Å². The smallest absolute Gasteiger partial charge is 0.248 e. The predicted molar refractivity (Wildman–Crippen MR) is 59.2 cm³/mol. The lowest BCUT2D eigenvalue weighted by molar-refractivity contribution is 0.0999. The summed E-state index contributed by atoms with van der Waals surface area (Å²) < 4.78 is 5.52. The quantitative estimate of drug-likeness (QED) is 0.759. The Hall–Kier alpha value is -1.62. The van der Waals surface area contributed by atoms with Crippen LogP contribution in [0.2, 0.25) is 0 Å². The summed E-state index contributed by atoms with van der Waals surface area (Å²) in [6.45, 7) is 2.65. The number of hydrogen-bond donors (Lipinski definition) is 2. The van der Waals surface area contributed by atoms with Gasteiger partial charge in [-0.2, -0.15) is 0 Å². The van der Waals surface area contributed by atoms with Crippen molar-refractivity contribution in [1.82, 2.24) is 10.3 Å². The van der Waals surface area contributed by atoms with E-state index in [2.05, 4.69) is 10.3 Å². The maximum absolute atomic E-state index is 10.9. The summed E-state index contributed by atoms with van der Waals surface area (Å²) in [7, 11) is 0. The number of primary amides is 1. The minimum Gasteiger partial charge on any atom is -0.477 e. The van der Waals surface area contributed by atoms with Crippen molar-refractivity contribution in [2.24, 2.45) is 11.7 Å². The van der Waals surface area contributed by atoms with E-state index in [4.69, 9.17) is 10.5 Å². The highest BCUT2D eigenvalue weighted by molar-refractivity contribution is 5.92. The fraction of sp³-hybridized carbons (Fsp3) is 0.455. The molecule has 1 atom stereocenters. The van der Waals surface area contributed by atoms with Crippen molar-refractivity contribution in [1.29, 1.82) is 0 Å². The number of hydrogen-bond acceptors (Lipinski definition) is 4. The molecule has 2 rings (SSSR count). The van der Waals surface area contributed by atoms with Crippen LogP contribution in [0.3, 0.4) is 0 Å². The maximum Gasteiger partial charge on any atom is 0.248 e. The molecule has 1 aromatic rings. The number of nitrogens with two attached hydrogens (primary N) is 1. The third-order valence-electron chi connectivity index (χ3n) is 2.65. The van der Waals surface area contributed by atoms with Crippen LogP contribution in [0.25, 0.3) is 0 Å². The number of aromatic nitrogens is 1. The van der Waals surface area contributed by atoms with E-state index < -0.39 is 5.91 Å². The molecule has 1 unspecified atom stereocenters. The van der Waals surface area contributed by atoms with Crippen LogP contribution in [0.4, 0.5) is 0 Å². The number of rotatable bonds is 4. The second-order valence-electron chi connectivity index (χ2n) is 3.92. The topological polar surface area (TPSA) is 77.2 Å². The molecule has 0 spiro atoms. The Morgan fingerprint density at radius 3 is 3.25 bits per heavy atom. The molecule has 0 aliphatic carbocycles. The molecular formula is C11H15N3O2. The number of nitrogens with one attached hydrogen (secondary N) is 1. The van der Waals surface area contributed by atoms with Crippen molar-refractivity contribution in [2.45, 2.75) is 6.42 Å². The Morgan fingerprint density at radius 1 is 1.69 bits per heavy atom. The summed E-state index contributed by atoms with van der Waals surface area (Å²) in [4.78, 5) is 15.0. The third-order valence-corrected chi connectivity index (χ3v) is 2.65. The van der Waals surface area contributed by atoms with Crippen molar-refractivity contribution in [3.8, 4) is 5.88 Å². The van der Waals surface area contributed by atoms with Gasteiger partial charge in [-0.15, -0.1) is 0 Å². The zero-order valence-electron chi connectivity index (χ0n) is 8.98. The minimum atomic E-state index is -0.463. The van der Waals surface area contributed by atoms with Crippen LogP contribution in [0.15, 0.2) is 18.3 Å². The monoisotopic (exact) mass is 221 g/mol. The molecule has 1 amide bonds. The molecule has 1 saturated heterocycles. The van der Waals surface area contributed by atoms with E-state index in [0.717, 1.165) is 19.5 Å². The number of amides is 1. The molecule has 2 heterocycles. The molecule has 16 heavy (non-hydrogen) atoms. The number of pyridine rings is 1. The molecule has 0 bridgehead atoms. The van der Waals surface area contributed by atoms with Crippen molar-refractivity contribution in [3.05, 3.63) is 23.9 Å². The van der Waals surface area contributed by atoms with Gasteiger partial charge < -0.3 is 15.8 Å². The fourth-order valence-corrected chi connectivity index (χ4v) is 1.70. The Morgan fingerprint density at radius 2 is 2.56 bits per heavy atom. The summed E-state index contributed by atoms with van der Waals surface area (Å²) in [5, 5.41) is 3.26. The first-order valence-corrected chi connectivity index (χ1v) is 5.35. The molecule has 5 heteroatoms. The number of carbonyl (C=O) groups is 1. The highest BCUT2D eigenvalue weighted by atomic mass is 16.5. The maximum atomic E-state index is 10.9. The molecule has 1 fully saturated rings. The average molecular weight is 221 g/mol. The standard InChI is InChI=1S/C11H15N3O2/c12-11(15)9-2-4-14-10(5-9)16-7-8-1-3-13-6-8/h2,4-5,8,13H,1,3,6-7H2,(H2,12,15). The van der Waals surface area contributed by atoms with Gasteiger partial charge in [0.25, 0.3) is 0 Å². The van der Waals surface area contributed by atoms with E-state index in [9.17, 15) is 4.79 Å².